The van der Waals surface area contributed by atoms with E-state index in [9.17, 15) is 8.42 Å². The van der Waals surface area contributed by atoms with E-state index in [1.165, 1.54) is 11.1 Å². The highest BCUT2D eigenvalue weighted by Gasteiger charge is 2.14. The summed E-state index contributed by atoms with van der Waals surface area (Å²) in [6.07, 6.45) is 0. The number of sulfone groups is 1. The molecule has 2 rings (SSSR count). The maximum atomic E-state index is 12.3. The molecule has 2 aromatic rings. The van der Waals surface area contributed by atoms with Crippen molar-refractivity contribution in [3.63, 3.8) is 0 Å². The van der Waals surface area contributed by atoms with Crippen LogP contribution in [0.4, 0.5) is 0 Å². The molecule has 0 bridgehead atoms. The molecule has 0 radical (unpaired) electrons. The van der Waals surface area contributed by atoms with Gasteiger partial charge in [0.1, 0.15) is 0 Å². The van der Waals surface area contributed by atoms with E-state index in [1.54, 1.807) is 37.4 Å². The number of nitrogens with zero attached hydrogens (tertiary/aromatic N) is 1. The number of aryl methyl sites for hydroxylation is 1. The van der Waals surface area contributed by atoms with E-state index in [-0.39, 0.29) is 29.7 Å². The number of guanidine groups is 1. The van der Waals surface area contributed by atoms with E-state index in [2.05, 4.69) is 53.7 Å². The highest BCUT2D eigenvalue weighted by Crippen LogP contribution is 2.15. The number of hydrogen-bond donors (Lipinski definition) is 2. The summed E-state index contributed by atoms with van der Waals surface area (Å²) in [7, 11) is -1.61. The minimum Gasteiger partial charge on any atom is -0.356 e. The molecule has 27 heavy (non-hydrogen) atoms. The van der Waals surface area contributed by atoms with Gasteiger partial charge in [-0.3, -0.25) is 4.99 Å². The van der Waals surface area contributed by atoms with Crippen LogP contribution in [0.25, 0.3) is 0 Å². The maximum absolute atomic E-state index is 12.3. The first-order valence-electron chi connectivity index (χ1n) is 8.71. The average molecular weight is 501 g/mol. The van der Waals surface area contributed by atoms with E-state index >= 15 is 0 Å². The van der Waals surface area contributed by atoms with Gasteiger partial charge in [-0.2, -0.15) is 0 Å². The van der Waals surface area contributed by atoms with Gasteiger partial charge in [0.15, 0.2) is 15.8 Å². The molecule has 1 unspecified atom stereocenters. The second-order valence-electron chi connectivity index (χ2n) is 6.33. The van der Waals surface area contributed by atoms with Crippen molar-refractivity contribution in [2.45, 2.75) is 24.7 Å². The fourth-order valence-electron chi connectivity index (χ4n) is 2.61. The van der Waals surface area contributed by atoms with Gasteiger partial charge in [0.25, 0.3) is 0 Å². The van der Waals surface area contributed by atoms with E-state index < -0.39 is 9.84 Å². The highest BCUT2D eigenvalue weighted by molar-refractivity contribution is 14.0. The fourth-order valence-corrected chi connectivity index (χ4v) is 3.79. The van der Waals surface area contributed by atoms with Gasteiger partial charge in [0, 0.05) is 20.1 Å². The predicted octanol–water partition coefficient (Wildman–Crippen LogP) is 3.36. The summed E-state index contributed by atoms with van der Waals surface area (Å²) in [5.41, 5.74) is 2.50. The average Bonchev–Trinajstić information content (AvgIpc) is 2.65. The number of rotatable bonds is 7. The molecule has 2 N–H and O–H groups in total. The van der Waals surface area contributed by atoms with Crippen molar-refractivity contribution < 1.29 is 8.42 Å². The smallest absolute Gasteiger partial charge is 0.191 e. The summed E-state index contributed by atoms with van der Waals surface area (Å²) in [5, 5.41) is 6.33. The van der Waals surface area contributed by atoms with Crippen LogP contribution in [0, 0.1) is 6.92 Å². The Bertz CT molecular complexity index is 839. The summed E-state index contributed by atoms with van der Waals surface area (Å²) >= 11 is 0. The third kappa shape index (κ3) is 7.50. The third-order valence-electron chi connectivity index (χ3n) is 4.18. The van der Waals surface area contributed by atoms with Gasteiger partial charge in [0.2, 0.25) is 0 Å². The topological polar surface area (TPSA) is 70.6 Å². The van der Waals surface area contributed by atoms with Gasteiger partial charge < -0.3 is 10.6 Å². The summed E-state index contributed by atoms with van der Waals surface area (Å²) in [5.74, 6) is 0.944. The molecule has 7 heteroatoms. The van der Waals surface area contributed by atoms with Crippen molar-refractivity contribution in [2.75, 3.05) is 25.9 Å². The molecule has 0 amide bonds. The van der Waals surface area contributed by atoms with Crippen molar-refractivity contribution in [2.24, 2.45) is 4.99 Å². The predicted molar refractivity (Wildman–Crippen MR) is 123 cm³/mol. The molecule has 5 nitrogen and oxygen atoms in total. The number of hydrogen-bond acceptors (Lipinski definition) is 3. The van der Waals surface area contributed by atoms with Crippen LogP contribution in [-0.2, 0) is 9.84 Å². The van der Waals surface area contributed by atoms with Crippen LogP contribution in [0.2, 0.25) is 0 Å². The van der Waals surface area contributed by atoms with Crippen LogP contribution >= 0.6 is 24.0 Å². The molecule has 0 spiro atoms. The Hall–Kier alpha value is -1.61. The van der Waals surface area contributed by atoms with Gasteiger partial charge in [0.05, 0.1) is 10.6 Å². The summed E-state index contributed by atoms with van der Waals surface area (Å²) < 4.78 is 24.6. The molecule has 0 saturated carbocycles. The quantitative estimate of drug-likeness (QED) is 0.347. The molecular weight excluding hydrogens is 473 g/mol. The molecule has 0 heterocycles. The molecule has 1 atom stereocenters. The largest absolute Gasteiger partial charge is 0.356 e. The minimum absolute atomic E-state index is 0. The van der Waals surface area contributed by atoms with Crippen LogP contribution in [-0.4, -0.2) is 40.3 Å². The van der Waals surface area contributed by atoms with Crippen molar-refractivity contribution in [1.82, 2.24) is 10.6 Å². The van der Waals surface area contributed by atoms with Gasteiger partial charge in [-0.15, -0.1) is 24.0 Å². The van der Waals surface area contributed by atoms with Gasteiger partial charge >= 0.3 is 0 Å². The molecule has 148 valence electrons. The molecular formula is C20H28IN3O2S. The Morgan fingerprint density at radius 2 is 1.78 bits per heavy atom. The highest BCUT2D eigenvalue weighted by atomic mass is 127. The monoisotopic (exact) mass is 501 g/mol. The number of aliphatic imine (C=N–C) groups is 1. The lowest BCUT2D eigenvalue weighted by Crippen LogP contribution is -2.41. The molecule has 2 aromatic carbocycles. The van der Waals surface area contributed by atoms with Gasteiger partial charge in [-0.25, -0.2) is 8.42 Å². The Morgan fingerprint density at radius 3 is 2.41 bits per heavy atom. The second kappa shape index (κ2) is 11.3. The number of nitrogens with one attached hydrogen (secondary N) is 2. The normalized spacial score (nSPS) is 12.8. The summed E-state index contributed by atoms with van der Waals surface area (Å²) in [6.45, 7) is 5.25. The first-order chi connectivity index (χ1) is 12.4. The van der Waals surface area contributed by atoms with Crippen molar-refractivity contribution in [3.05, 3.63) is 65.7 Å². The zero-order valence-corrected chi connectivity index (χ0v) is 19.1. The molecule has 0 fully saturated rings. The lowest BCUT2D eigenvalue weighted by Gasteiger charge is -2.17. The molecule has 0 aromatic heterocycles. The first kappa shape index (κ1) is 23.4. The third-order valence-corrected chi connectivity index (χ3v) is 5.91. The van der Waals surface area contributed by atoms with Crippen LogP contribution in [0.1, 0.15) is 24.0 Å². The van der Waals surface area contributed by atoms with E-state index in [4.69, 9.17) is 0 Å². The Balaban J connectivity index is 0.00000364. The molecule has 0 aliphatic carbocycles. The second-order valence-corrected chi connectivity index (χ2v) is 8.44. The Kier molecular flexibility index (Phi) is 9.79. The van der Waals surface area contributed by atoms with Crippen molar-refractivity contribution >= 4 is 39.8 Å². The standard InChI is InChI=1S/C20H27N3O2S.HI/c1-16-8-7-9-18(14-16)17(2)15-23-20(21-3)22-12-13-26(24,25)19-10-5-4-6-11-19;/h4-11,14,17H,12-13,15H2,1-3H3,(H2,21,22,23);1H. The molecule has 0 saturated heterocycles. The van der Waals surface area contributed by atoms with Gasteiger partial charge in [-0.05, 0) is 30.5 Å². The minimum atomic E-state index is -3.29. The molecule has 0 aliphatic rings. The SMILES string of the molecule is CN=C(NCCS(=O)(=O)c1ccccc1)NCC(C)c1cccc(C)c1.I. The first-order valence-corrected chi connectivity index (χ1v) is 10.4. The number of halogens is 1. The lowest BCUT2D eigenvalue weighted by atomic mass is 9.99. The van der Waals surface area contributed by atoms with Crippen LogP contribution in [0.5, 0.6) is 0 Å². The summed E-state index contributed by atoms with van der Waals surface area (Å²) in [6, 6.07) is 16.9. The lowest BCUT2D eigenvalue weighted by molar-refractivity contribution is 0.594. The van der Waals surface area contributed by atoms with E-state index in [1.807, 2.05) is 0 Å². The Labute approximate surface area is 179 Å². The zero-order valence-electron chi connectivity index (χ0n) is 16.0. The van der Waals surface area contributed by atoms with Crippen molar-refractivity contribution in [3.8, 4) is 0 Å². The van der Waals surface area contributed by atoms with E-state index in [0.717, 1.165) is 0 Å². The van der Waals surface area contributed by atoms with Crippen LogP contribution in [0.15, 0.2) is 64.5 Å². The maximum Gasteiger partial charge on any atom is 0.191 e. The molecule has 0 aliphatic heterocycles. The Morgan fingerprint density at radius 1 is 1.07 bits per heavy atom. The van der Waals surface area contributed by atoms with Crippen molar-refractivity contribution in [1.29, 1.82) is 0 Å². The zero-order chi connectivity index (χ0) is 19.0. The van der Waals surface area contributed by atoms with Gasteiger partial charge in [-0.1, -0.05) is 55.0 Å². The van der Waals surface area contributed by atoms with Crippen LogP contribution < -0.4 is 10.6 Å². The fraction of sp³-hybridized carbons (Fsp3) is 0.350. The van der Waals surface area contributed by atoms with E-state index in [0.29, 0.717) is 29.9 Å². The number of benzene rings is 2. The summed E-state index contributed by atoms with van der Waals surface area (Å²) in [4.78, 5) is 4.51. The van der Waals surface area contributed by atoms with Crippen LogP contribution in [0.3, 0.4) is 0 Å².